The van der Waals surface area contributed by atoms with Crippen LogP contribution in [0, 0.1) is 0 Å². The van der Waals surface area contributed by atoms with Crippen molar-refractivity contribution < 1.29 is 4.79 Å². The highest BCUT2D eigenvalue weighted by Gasteiger charge is 1.94. The molecule has 0 N–H and O–H groups in total. The van der Waals surface area contributed by atoms with Crippen LogP contribution in [0.3, 0.4) is 0 Å². The Bertz CT molecular complexity index is 147. The first kappa shape index (κ1) is 8.50. The van der Waals surface area contributed by atoms with Gasteiger partial charge >= 0.3 is 0 Å². The van der Waals surface area contributed by atoms with Crippen molar-refractivity contribution in [2.24, 2.45) is 0 Å². The third kappa shape index (κ3) is 3.14. The van der Waals surface area contributed by atoms with Gasteiger partial charge in [-0.05, 0) is 18.6 Å². The summed E-state index contributed by atoms with van der Waals surface area (Å²) in [5.41, 5.74) is 0.683. The zero-order chi connectivity index (χ0) is 7.28. The molecule has 0 rings (SSSR count). The molecule has 0 aliphatic carbocycles. The van der Waals surface area contributed by atoms with Crippen LogP contribution >= 0.6 is 11.8 Å². The molecule has 0 saturated carbocycles. The van der Waals surface area contributed by atoms with E-state index in [9.17, 15) is 4.79 Å². The van der Waals surface area contributed by atoms with Crippen molar-refractivity contribution in [3.63, 3.8) is 0 Å². The minimum Gasteiger partial charge on any atom is -0.294 e. The van der Waals surface area contributed by atoms with Crippen molar-refractivity contribution >= 4 is 17.5 Å². The summed E-state index contributed by atoms with van der Waals surface area (Å²) in [6.45, 7) is 5.03. The Balaban J connectivity index is 4.14. The molecule has 0 aliphatic rings. The Morgan fingerprint density at radius 3 is 2.33 bits per heavy atom. The van der Waals surface area contributed by atoms with E-state index in [4.69, 9.17) is 0 Å². The third-order valence-electron chi connectivity index (χ3n) is 0.871. The fourth-order valence-corrected chi connectivity index (χ4v) is 0.918. The average Bonchev–Trinajstić information content (AvgIpc) is 1.82. The van der Waals surface area contributed by atoms with Gasteiger partial charge in [0.05, 0.1) is 0 Å². The number of allylic oxidation sites excluding steroid dienone is 2. The van der Waals surface area contributed by atoms with E-state index >= 15 is 0 Å². The van der Waals surface area contributed by atoms with Gasteiger partial charge in [-0.25, -0.2) is 0 Å². The predicted molar refractivity (Wildman–Crippen MR) is 42.5 cm³/mol. The van der Waals surface area contributed by atoms with Gasteiger partial charge in [0.2, 0.25) is 0 Å². The monoisotopic (exact) mass is 142 g/mol. The molecule has 1 nitrogen and oxygen atoms in total. The van der Waals surface area contributed by atoms with Gasteiger partial charge < -0.3 is 0 Å². The SMILES string of the molecule is C=C/C(=C\SC)C(C)=O. The summed E-state index contributed by atoms with van der Waals surface area (Å²) < 4.78 is 0. The lowest BCUT2D eigenvalue weighted by Crippen LogP contribution is -1.90. The normalized spacial score (nSPS) is 11.1. The maximum Gasteiger partial charge on any atom is 0.160 e. The second-order valence-electron chi connectivity index (χ2n) is 1.57. The van der Waals surface area contributed by atoms with Crippen molar-refractivity contribution in [1.29, 1.82) is 0 Å². The van der Waals surface area contributed by atoms with E-state index in [1.54, 1.807) is 11.5 Å². The second-order valence-corrected chi connectivity index (χ2v) is 2.28. The van der Waals surface area contributed by atoms with Crippen molar-refractivity contribution in [2.45, 2.75) is 6.92 Å². The summed E-state index contributed by atoms with van der Waals surface area (Å²) in [4.78, 5) is 10.6. The number of hydrogen-bond acceptors (Lipinski definition) is 2. The van der Waals surface area contributed by atoms with Gasteiger partial charge in [0.25, 0.3) is 0 Å². The number of carbonyl (C=O) groups is 1. The van der Waals surface area contributed by atoms with E-state index < -0.39 is 0 Å². The molecule has 0 amide bonds. The molecule has 9 heavy (non-hydrogen) atoms. The van der Waals surface area contributed by atoms with Gasteiger partial charge in [-0.15, -0.1) is 11.8 Å². The van der Waals surface area contributed by atoms with Gasteiger partial charge in [-0.3, -0.25) is 4.79 Å². The first-order chi connectivity index (χ1) is 4.22. The number of hydrogen-bond donors (Lipinski definition) is 0. The number of Topliss-reactive ketones (excluding diaryl/α,β-unsaturated/α-hetero) is 1. The molecule has 0 aromatic rings. The van der Waals surface area contributed by atoms with Crippen LogP contribution < -0.4 is 0 Å². The van der Waals surface area contributed by atoms with E-state index in [0.717, 1.165) is 0 Å². The van der Waals surface area contributed by atoms with Crippen LogP contribution in [0.4, 0.5) is 0 Å². The summed E-state index contributed by atoms with van der Waals surface area (Å²) in [5.74, 6) is 0.0688. The zero-order valence-electron chi connectivity index (χ0n) is 5.68. The van der Waals surface area contributed by atoms with E-state index in [1.165, 1.54) is 18.7 Å². The lowest BCUT2D eigenvalue weighted by molar-refractivity contribution is -0.113. The lowest BCUT2D eigenvalue weighted by Gasteiger charge is -1.90. The molecule has 0 aromatic heterocycles. The number of carbonyl (C=O) groups excluding carboxylic acids is 1. The standard InChI is InChI=1S/C7H10OS/c1-4-7(5-9-3)6(2)8/h4-5H,1H2,2-3H3/b7-5+. The quantitative estimate of drug-likeness (QED) is 0.443. The predicted octanol–water partition coefficient (Wildman–Crippen LogP) is 2.01. The molecule has 0 spiro atoms. The molecule has 0 bridgehead atoms. The molecule has 0 fully saturated rings. The van der Waals surface area contributed by atoms with Crippen molar-refractivity contribution in [3.05, 3.63) is 23.6 Å². The van der Waals surface area contributed by atoms with Gasteiger partial charge in [-0.1, -0.05) is 12.7 Å². The molecule has 0 saturated heterocycles. The van der Waals surface area contributed by atoms with Crippen LogP contribution in [0.1, 0.15) is 6.92 Å². The summed E-state index contributed by atoms with van der Waals surface area (Å²) >= 11 is 1.51. The molecule has 50 valence electrons. The minimum atomic E-state index is 0.0688. The Morgan fingerprint density at radius 1 is 1.67 bits per heavy atom. The summed E-state index contributed by atoms with van der Waals surface area (Å²) in [6, 6.07) is 0. The molecular formula is C7H10OS. The second kappa shape index (κ2) is 4.39. The Kier molecular flexibility index (Phi) is 4.14. The molecule has 0 aromatic carbocycles. The van der Waals surface area contributed by atoms with Crippen LogP contribution in [-0.4, -0.2) is 12.0 Å². The molecule has 0 aliphatic heterocycles. The van der Waals surface area contributed by atoms with Gasteiger partial charge in [0.15, 0.2) is 5.78 Å². The van der Waals surface area contributed by atoms with Gasteiger partial charge in [0.1, 0.15) is 0 Å². The minimum absolute atomic E-state index is 0.0688. The van der Waals surface area contributed by atoms with E-state index in [0.29, 0.717) is 5.57 Å². The largest absolute Gasteiger partial charge is 0.294 e. The molecule has 0 radical (unpaired) electrons. The highest BCUT2D eigenvalue weighted by atomic mass is 32.2. The first-order valence-electron chi connectivity index (χ1n) is 2.58. The summed E-state index contributed by atoms with van der Waals surface area (Å²) in [6.07, 6.45) is 3.48. The Hall–Kier alpha value is -0.500. The van der Waals surface area contributed by atoms with E-state index in [2.05, 4.69) is 6.58 Å². The smallest absolute Gasteiger partial charge is 0.160 e. The first-order valence-corrected chi connectivity index (χ1v) is 3.87. The highest BCUT2D eigenvalue weighted by molar-refractivity contribution is 8.01. The van der Waals surface area contributed by atoms with Crippen LogP contribution in [0.5, 0.6) is 0 Å². The van der Waals surface area contributed by atoms with Crippen molar-refractivity contribution in [2.75, 3.05) is 6.26 Å². The van der Waals surface area contributed by atoms with Gasteiger partial charge in [0, 0.05) is 5.57 Å². The molecular weight excluding hydrogens is 132 g/mol. The molecule has 0 unspecified atom stereocenters. The lowest BCUT2D eigenvalue weighted by atomic mass is 10.2. The van der Waals surface area contributed by atoms with Crippen molar-refractivity contribution in [1.82, 2.24) is 0 Å². The van der Waals surface area contributed by atoms with E-state index in [1.807, 2.05) is 6.26 Å². The summed E-state index contributed by atoms with van der Waals surface area (Å²) in [5, 5.41) is 1.79. The highest BCUT2D eigenvalue weighted by Crippen LogP contribution is 2.04. The van der Waals surface area contributed by atoms with Gasteiger partial charge in [-0.2, -0.15) is 0 Å². The number of ketones is 1. The van der Waals surface area contributed by atoms with Crippen LogP contribution in [0.25, 0.3) is 0 Å². The maximum atomic E-state index is 10.6. The fourth-order valence-electron chi connectivity index (χ4n) is 0.402. The Morgan fingerprint density at radius 2 is 2.22 bits per heavy atom. The molecule has 0 atom stereocenters. The maximum absolute atomic E-state index is 10.6. The molecule has 0 heterocycles. The fraction of sp³-hybridized carbons (Fsp3) is 0.286. The zero-order valence-corrected chi connectivity index (χ0v) is 6.49. The summed E-state index contributed by atoms with van der Waals surface area (Å²) in [7, 11) is 0. The van der Waals surface area contributed by atoms with Crippen LogP contribution in [-0.2, 0) is 4.79 Å². The van der Waals surface area contributed by atoms with E-state index in [-0.39, 0.29) is 5.78 Å². The van der Waals surface area contributed by atoms with Crippen LogP contribution in [0.15, 0.2) is 23.6 Å². The van der Waals surface area contributed by atoms with Crippen molar-refractivity contribution in [3.8, 4) is 0 Å². The van der Waals surface area contributed by atoms with Crippen LogP contribution in [0.2, 0.25) is 0 Å². The topological polar surface area (TPSA) is 17.1 Å². The Labute approximate surface area is 59.8 Å². The number of thioether (sulfide) groups is 1. The number of rotatable bonds is 3. The average molecular weight is 142 g/mol. The third-order valence-corrected chi connectivity index (χ3v) is 1.36. The molecule has 2 heteroatoms.